The van der Waals surface area contributed by atoms with E-state index in [0.29, 0.717) is 38.5 Å². The van der Waals surface area contributed by atoms with Crippen molar-refractivity contribution in [1.82, 2.24) is 25.2 Å². The highest BCUT2D eigenvalue weighted by Crippen LogP contribution is 2.08. The number of aromatic nitrogens is 3. The summed E-state index contributed by atoms with van der Waals surface area (Å²) in [5.41, 5.74) is 0.801. The van der Waals surface area contributed by atoms with Gasteiger partial charge in [0.1, 0.15) is 0 Å². The number of nitrogens with one attached hydrogen (secondary N) is 1. The third-order valence-corrected chi connectivity index (χ3v) is 3.47. The first-order chi connectivity index (χ1) is 10.7. The van der Waals surface area contributed by atoms with E-state index in [1.165, 1.54) is 0 Å². The molecule has 3 rings (SSSR count). The van der Waals surface area contributed by atoms with Crippen molar-refractivity contribution in [3.63, 3.8) is 0 Å². The zero-order chi connectivity index (χ0) is 15.4. The lowest BCUT2D eigenvalue weighted by Crippen LogP contribution is -2.50. The van der Waals surface area contributed by atoms with E-state index >= 15 is 0 Å². The number of rotatable bonds is 4. The van der Waals surface area contributed by atoms with Crippen LogP contribution in [0.1, 0.15) is 11.5 Å². The quantitative estimate of drug-likeness (QED) is 0.902. The minimum atomic E-state index is -0.122. The molecule has 1 aliphatic rings. The van der Waals surface area contributed by atoms with Crippen LogP contribution in [0, 0.1) is 6.92 Å². The maximum absolute atomic E-state index is 12.2. The molecule has 1 saturated heterocycles. The van der Waals surface area contributed by atoms with Crippen molar-refractivity contribution < 1.29 is 14.1 Å². The van der Waals surface area contributed by atoms with Gasteiger partial charge < -0.3 is 19.5 Å². The van der Waals surface area contributed by atoms with Gasteiger partial charge >= 0.3 is 6.03 Å². The molecular formula is C14H19N5O3. The molecule has 2 amide bonds. The lowest BCUT2D eigenvalue weighted by Gasteiger charge is -2.32. The zero-order valence-corrected chi connectivity index (χ0v) is 12.4. The number of urea groups is 1. The number of ether oxygens (including phenoxy) is 1. The molecule has 0 saturated carbocycles. The minimum Gasteiger partial charge on any atom is -0.373 e. The van der Waals surface area contributed by atoms with Gasteiger partial charge in [0.2, 0.25) is 0 Å². The number of nitrogens with zero attached hydrogens (tertiary/aromatic N) is 4. The van der Waals surface area contributed by atoms with E-state index in [1.807, 2.05) is 23.9 Å². The number of aryl methyl sites for hydroxylation is 1. The molecule has 0 spiro atoms. The molecule has 1 aliphatic heterocycles. The third-order valence-electron chi connectivity index (χ3n) is 3.47. The van der Waals surface area contributed by atoms with E-state index in [-0.39, 0.29) is 12.1 Å². The van der Waals surface area contributed by atoms with Gasteiger partial charge in [0.15, 0.2) is 5.76 Å². The molecule has 2 aromatic rings. The molecule has 1 unspecified atom stereocenters. The smallest absolute Gasteiger partial charge is 0.317 e. The van der Waals surface area contributed by atoms with Crippen LogP contribution in [0.15, 0.2) is 29.0 Å². The SMILES string of the molecule is Cc1cc(CNC(=O)N2CCOC(Cn3cccn3)C2)on1. The second-order valence-electron chi connectivity index (χ2n) is 5.26. The standard InChI is InChI=1S/C14H19N5O3/c1-11-7-12(22-17-11)8-15-14(20)18-5-6-21-13(9-18)10-19-4-2-3-16-19/h2-4,7,13H,5-6,8-10H2,1H3,(H,15,20). The normalized spacial score (nSPS) is 18.4. The summed E-state index contributed by atoms with van der Waals surface area (Å²) >= 11 is 0. The van der Waals surface area contributed by atoms with Crippen LogP contribution < -0.4 is 5.32 Å². The van der Waals surface area contributed by atoms with Crippen LogP contribution in [0.25, 0.3) is 0 Å². The molecule has 1 fully saturated rings. The third kappa shape index (κ3) is 3.64. The van der Waals surface area contributed by atoms with E-state index in [9.17, 15) is 4.79 Å². The molecule has 8 nitrogen and oxygen atoms in total. The van der Waals surface area contributed by atoms with E-state index < -0.39 is 0 Å². The Morgan fingerprint density at radius 3 is 3.18 bits per heavy atom. The van der Waals surface area contributed by atoms with Crippen molar-refractivity contribution >= 4 is 6.03 Å². The Labute approximate surface area is 128 Å². The maximum atomic E-state index is 12.2. The number of hydrogen-bond acceptors (Lipinski definition) is 5. The van der Waals surface area contributed by atoms with Gasteiger partial charge in [-0.05, 0) is 13.0 Å². The number of morpholine rings is 1. The Morgan fingerprint density at radius 1 is 1.55 bits per heavy atom. The van der Waals surface area contributed by atoms with Crippen LogP contribution in [-0.4, -0.2) is 51.7 Å². The van der Waals surface area contributed by atoms with Gasteiger partial charge in [-0.25, -0.2) is 4.79 Å². The van der Waals surface area contributed by atoms with Crippen LogP contribution in [0.5, 0.6) is 0 Å². The lowest BCUT2D eigenvalue weighted by atomic mass is 10.3. The van der Waals surface area contributed by atoms with Crippen molar-refractivity contribution in [1.29, 1.82) is 0 Å². The highest BCUT2D eigenvalue weighted by atomic mass is 16.5. The number of amides is 2. The Morgan fingerprint density at radius 2 is 2.45 bits per heavy atom. The molecule has 22 heavy (non-hydrogen) atoms. The summed E-state index contributed by atoms with van der Waals surface area (Å²) in [5, 5.41) is 10.8. The molecule has 118 valence electrons. The summed E-state index contributed by atoms with van der Waals surface area (Å²) in [6.45, 7) is 4.47. The van der Waals surface area contributed by atoms with Gasteiger partial charge in [0.25, 0.3) is 0 Å². The van der Waals surface area contributed by atoms with Gasteiger partial charge in [0, 0.05) is 25.0 Å². The first-order valence-electron chi connectivity index (χ1n) is 7.25. The Kier molecular flexibility index (Phi) is 4.38. The first-order valence-corrected chi connectivity index (χ1v) is 7.25. The predicted octanol–water partition coefficient (Wildman–Crippen LogP) is 0.790. The molecule has 0 radical (unpaired) electrons. The van der Waals surface area contributed by atoms with E-state index in [2.05, 4.69) is 15.6 Å². The molecule has 0 bridgehead atoms. The molecule has 1 atom stereocenters. The predicted molar refractivity (Wildman–Crippen MR) is 77.0 cm³/mol. The van der Waals surface area contributed by atoms with Crippen LogP contribution in [0.4, 0.5) is 4.79 Å². The van der Waals surface area contributed by atoms with Crippen LogP contribution >= 0.6 is 0 Å². The summed E-state index contributed by atoms with van der Waals surface area (Å²) < 4.78 is 12.6. The maximum Gasteiger partial charge on any atom is 0.317 e. The Hall–Kier alpha value is -2.35. The Balaban J connectivity index is 1.49. The van der Waals surface area contributed by atoms with Gasteiger partial charge in [-0.15, -0.1) is 0 Å². The summed E-state index contributed by atoms with van der Waals surface area (Å²) in [6.07, 6.45) is 3.56. The van der Waals surface area contributed by atoms with Crippen molar-refractivity contribution in [3.8, 4) is 0 Å². The monoisotopic (exact) mass is 305 g/mol. The molecule has 1 N–H and O–H groups in total. The fourth-order valence-corrected chi connectivity index (χ4v) is 2.41. The van der Waals surface area contributed by atoms with Gasteiger partial charge in [-0.1, -0.05) is 5.16 Å². The van der Waals surface area contributed by atoms with Crippen molar-refractivity contribution in [2.75, 3.05) is 19.7 Å². The van der Waals surface area contributed by atoms with Crippen LogP contribution in [-0.2, 0) is 17.8 Å². The molecule has 3 heterocycles. The zero-order valence-electron chi connectivity index (χ0n) is 12.4. The number of carbonyl (C=O) groups excluding carboxylic acids is 1. The Bertz CT molecular complexity index is 610. The lowest BCUT2D eigenvalue weighted by molar-refractivity contribution is -0.0238. The molecule has 0 aromatic carbocycles. The summed E-state index contributed by atoms with van der Waals surface area (Å²) in [6, 6.07) is 3.55. The number of carbonyl (C=O) groups is 1. The van der Waals surface area contributed by atoms with E-state index in [0.717, 1.165) is 5.69 Å². The highest BCUT2D eigenvalue weighted by Gasteiger charge is 2.24. The molecule has 2 aromatic heterocycles. The van der Waals surface area contributed by atoms with Crippen LogP contribution in [0.3, 0.4) is 0 Å². The second-order valence-corrected chi connectivity index (χ2v) is 5.26. The first kappa shape index (κ1) is 14.6. The average molecular weight is 305 g/mol. The fraction of sp³-hybridized carbons (Fsp3) is 0.500. The summed E-state index contributed by atoms with van der Waals surface area (Å²) in [4.78, 5) is 14.0. The van der Waals surface area contributed by atoms with Gasteiger partial charge in [0.05, 0.1) is 38.0 Å². The summed E-state index contributed by atoms with van der Waals surface area (Å²) in [7, 11) is 0. The second kappa shape index (κ2) is 6.61. The van der Waals surface area contributed by atoms with Gasteiger partial charge in [-0.3, -0.25) is 4.68 Å². The molecule has 8 heteroatoms. The fourth-order valence-electron chi connectivity index (χ4n) is 2.41. The molecular weight excluding hydrogens is 286 g/mol. The highest BCUT2D eigenvalue weighted by molar-refractivity contribution is 5.74. The average Bonchev–Trinajstić information content (AvgIpc) is 3.17. The minimum absolute atomic E-state index is 0.0491. The number of hydrogen-bond donors (Lipinski definition) is 1. The van der Waals surface area contributed by atoms with Crippen molar-refractivity contribution in [3.05, 3.63) is 36.0 Å². The van der Waals surface area contributed by atoms with Crippen molar-refractivity contribution in [2.24, 2.45) is 0 Å². The summed E-state index contributed by atoms with van der Waals surface area (Å²) in [5.74, 6) is 0.646. The van der Waals surface area contributed by atoms with Crippen LogP contribution in [0.2, 0.25) is 0 Å². The largest absolute Gasteiger partial charge is 0.373 e. The van der Waals surface area contributed by atoms with Crippen molar-refractivity contribution in [2.45, 2.75) is 26.1 Å². The van der Waals surface area contributed by atoms with Gasteiger partial charge in [-0.2, -0.15) is 5.10 Å². The molecule has 0 aliphatic carbocycles. The van der Waals surface area contributed by atoms with E-state index in [1.54, 1.807) is 17.2 Å². The topological polar surface area (TPSA) is 85.4 Å². The van der Waals surface area contributed by atoms with E-state index in [4.69, 9.17) is 9.26 Å².